The molecule has 27 heavy (non-hydrogen) atoms. The first-order chi connectivity index (χ1) is 12.4. The maximum atomic E-state index is 13.9. The molecule has 1 aromatic carbocycles. The molecular formula is C19H29FIN5S. The number of benzene rings is 1. The fourth-order valence-electron chi connectivity index (χ4n) is 2.44. The molecule has 0 fully saturated rings. The molecule has 150 valence electrons. The van der Waals surface area contributed by atoms with Crippen molar-refractivity contribution >= 4 is 41.3 Å². The molecule has 0 unspecified atom stereocenters. The van der Waals surface area contributed by atoms with E-state index in [4.69, 9.17) is 0 Å². The van der Waals surface area contributed by atoms with E-state index in [0.29, 0.717) is 37.1 Å². The Labute approximate surface area is 182 Å². The summed E-state index contributed by atoms with van der Waals surface area (Å²) in [5, 5.41) is 9.67. The Morgan fingerprint density at radius 3 is 2.56 bits per heavy atom. The monoisotopic (exact) mass is 505 g/mol. The molecule has 0 saturated heterocycles. The molecule has 0 bridgehead atoms. The van der Waals surface area contributed by atoms with Gasteiger partial charge in [0.15, 0.2) is 5.96 Å². The number of aliphatic imine (C=N–C) groups is 1. The molecule has 0 aliphatic rings. The molecule has 5 nitrogen and oxygen atoms in total. The summed E-state index contributed by atoms with van der Waals surface area (Å²) >= 11 is 1.65. The highest BCUT2D eigenvalue weighted by Gasteiger charge is 2.08. The normalized spacial score (nSPS) is 11.6. The van der Waals surface area contributed by atoms with Gasteiger partial charge >= 0.3 is 0 Å². The molecule has 0 saturated carbocycles. The van der Waals surface area contributed by atoms with Crippen molar-refractivity contribution in [1.82, 2.24) is 20.5 Å². The number of hydrogen-bond acceptors (Lipinski definition) is 4. The first kappa shape index (κ1) is 23.8. The third kappa shape index (κ3) is 7.71. The first-order valence-corrected chi connectivity index (χ1v) is 9.58. The van der Waals surface area contributed by atoms with Crippen molar-refractivity contribution in [3.63, 3.8) is 0 Å². The van der Waals surface area contributed by atoms with E-state index in [1.807, 2.05) is 25.1 Å². The number of guanidine groups is 1. The Morgan fingerprint density at radius 1 is 1.26 bits per heavy atom. The van der Waals surface area contributed by atoms with Crippen LogP contribution >= 0.6 is 35.3 Å². The van der Waals surface area contributed by atoms with Gasteiger partial charge in [-0.3, -0.25) is 4.99 Å². The van der Waals surface area contributed by atoms with Crippen LogP contribution < -0.4 is 10.6 Å². The molecule has 0 radical (unpaired) electrons. The molecule has 2 N–H and O–H groups in total. The topological polar surface area (TPSA) is 52.6 Å². The van der Waals surface area contributed by atoms with Crippen LogP contribution in [0.25, 0.3) is 0 Å². The number of nitrogens with one attached hydrogen (secondary N) is 2. The fourth-order valence-corrected chi connectivity index (χ4v) is 3.33. The molecule has 1 heterocycles. The van der Waals surface area contributed by atoms with Crippen LogP contribution in [-0.4, -0.2) is 37.0 Å². The van der Waals surface area contributed by atoms with Crippen molar-refractivity contribution < 1.29 is 4.39 Å². The Balaban J connectivity index is 0.00000364. The molecule has 0 aliphatic heterocycles. The number of rotatable bonds is 7. The van der Waals surface area contributed by atoms with Crippen molar-refractivity contribution in [3.05, 3.63) is 51.2 Å². The number of nitrogens with zero attached hydrogens (tertiary/aromatic N) is 3. The van der Waals surface area contributed by atoms with Gasteiger partial charge in [0.1, 0.15) is 10.8 Å². The molecule has 0 amide bonds. The van der Waals surface area contributed by atoms with Crippen LogP contribution in [-0.2, 0) is 19.6 Å². The quantitative estimate of drug-likeness (QED) is 0.340. The lowest BCUT2D eigenvalue weighted by molar-refractivity contribution is 0.392. The average Bonchev–Trinajstić information content (AvgIpc) is 3.06. The molecule has 2 aromatic rings. The smallest absolute Gasteiger partial charge is 0.191 e. The molecular weight excluding hydrogens is 476 g/mol. The van der Waals surface area contributed by atoms with E-state index in [-0.39, 0.29) is 29.8 Å². The largest absolute Gasteiger partial charge is 0.352 e. The second-order valence-corrected chi connectivity index (χ2v) is 7.71. The van der Waals surface area contributed by atoms with Gasteiger partial charge in [0.2, 0.25) is 0 Å². The lowest BCUT2D eigenvalue weighted by Crippen LogP contribution is -2.36. The molecule has 8 heteroatoms. The SMILES string of the molecule is CN=C(NCc1ccc(F)c(CN(C)C)c1)NCc1nc(C(C)C)cs1.I. The van der Waals surface area contributed by atoms with Crippen LogP contribution in [0.3, 0.4) is 0 Å². The fraction of sp³-hybridized carbons (Fsp3) is 0.474. The van der Waals surface area contributed by atoms with E-state index in [2.05, 4.69) is 39.8 Å². The molecule has 0 aliphatic carbocycles. The Bertz CT molecular complexity index is 745. The number of aromatic nitrogens is 1. The summed E-state index contributed by atoms with van der Waals surface area (Å²) in [5.41, 5.74) is 2.83. The molecule has 0 spiro atoms. The van der Waals surface area contributed by atoms with E-state index in [9.17, 15) is 4.39 Å². The number of hydrogen-bond donors (Lipinski definition) is 2. The van der Waals surface area contributed by atoms with E-state index >= 15 is 0 Å². The van der Waals surface area contributed by atoms with Gasteiger partial charge in [0.05, 0.1) is 12.2 Å². The summed E-state index contributed by atoms with van der Waals surface area (Å²) in [6.07, 6.45) is 0. The summed E-state index contributed by atoms with van der Waals surface area (Å²) in [5.74, 6) is 0.965. The van der Waals surface area contributed by atoms with Crippen LogP contribution in [0.15, 0.2) is 28.6 Å². The van der Waals surface area contributed by atoms with Crippen molar-refractivity contribution in [2.75, 3.05) is 21.1 Å². The van der Waals surface area contributed by atoms with Crippen molar-refractivity contribution in [1.29, 1.82) is 0 Å². The van der Waals surface area contributed by atoms with Crippen LogP contribution in [0.1, 0.15) is 41.6 Å². The second kappa shape index (κ2) is 11.6. The lowest BCUT2D eigenvalue weighted by Gasteiger charge is -2.14. The minimum atomic E-state index is -0.172. The number of halogens is 2. The summed E-state index contributed by atoms with van der Waals surface area (Å²) in [4.78, 5) is 10.8. The van der Waals surface area contributed by atoms with E-state index in [1.54, 1.807) is 24.5 Å². The van der Waals surface area contributed by atoms with Gasteiger partial charge in [-0.25, -0.2) is 9.37 Å². The number of thiazole rings is 1. The zero-order valence-corrected chi connectivity index (χ0v) is 19.7. The third-order valence-corrected chi connectivity index (χ3v) is 4.72. The van der Waals surface area contributed by atoms with Crippen LogP contribution in [0.5, 0.6) is 0 Å². The Hall–Kier alpha value is -1.26. The van der Waals surface area contributed by atoms with E-state index < -0.39 is 0 Å². The minimum Gasteiger partial charge on any atom is -0.352 e. The van der Waals surface area contributed by atoms with Crippen molar-refractivity contribution in [2.45, 2.75) is 39.4 Å². The standard InChI is InChI=1S/C19H28FN5S.HI/c1-13(2)17-12-26-18(24-17)10-23-19(21-3)22-9-14-6-7-16(20)15(8-14)11-25(4)5;/h6-8,12-13H,9-11H2,1-5H3,(H2,21,22,23);1H. The summed E-state index contributed by atoms with van der Waals surface area (Å²) in [6, 6.07) is 5.21. The molecule has 1 aromatic heterocycles. The van der Waals surface area contributed by atoms with Crippen LogP contribution in [0.4, 0.5) is 4.39 Å². The van der Waals surface area contributed by atoms with Gasteiger partial charge in [0, 0.05) is 31.1 Å². The minimum absolute atomic E-state index is 0. The maximum Gasteiger partial charge on any atom is 0.191 e. The van der Waals surface area contributed by atoms with Crippen molar-refractivity contribution in [3.8, 4) is 0 Å². The summed E-state index contributed by atoms with van der Waals surface area (Å²) in [7, 11) is 5.59. The molecule has 2 rings (SSSR count). The van der Waals surface area contributed by atoms with Crippen LogP contribution in [0, 0.1) is 5.82 Å². The van der Waals surface area contributed by atoms with E-state index in [0.717, 1.165) is 16.3 Å². The zero-order chi connectivity index (χ0) is 19.1. The Morgan fingerprint density at radius 2 is 1.96 bits per heavy atom. The Kier molecular flexibility index (Phi) is 10.2. The van der Waals surface area contributed by atoms with Gasteiger partial charge in [-0.05, 0) is 37.7 Å². The zero-order valence-electron chi connectivity index (χ0n) is 16.5. The highest BCUT2D eigenvalue weighted by Crippen LogP contribution is 2.17. The first-order valence-electron chi connectivity index (χ1n) is 8.70. The van der Waals surface area contributed by atoms with Crippen molar-refractivity contribution in [2.24, 2.45) is 4.99 Å². The van der Waals surface area contributed by atoms with Gasteiger partial charge in [-0.1, -0.05) is 19.9 Å². The van der Waals surface area contributed by atoms with Gasteiger partial charge in [-0.2, -0.15) is 0 Å². The molecule has 0 atom stereocenters. The van der Waals surface area contributed by atoms with Crippen LogP contribution in [0.2, 0.25) is 0 Å². The second-order valence-electron chi connectivity index (χ2n) is 6.76. The third-order valence-electron chi connectivity index (χ3n) is 3.85. The maximum absolute atomic E-state index is 13.9. The predicted molar refractivity (Wildman–Crippen MR) is 122 cm³/mol. The predicted octanol–water partition coefficient (Wildman–Crippen LogP) is 3.95. The average molecular weight is 505 g/mol. The lowest BCUT2D eigenvalue weighted by atomic mass is 10.1. The van der Waals surface area contributed by atoms with Gasteiger partial charge < -0.3 is 15.5 Å². The highest BCUT2D eigenvalue weighted by atomic mass is 127. The highest BCUT2D eigenvalue weighted by molar-refractivity contribution is 14.0. The van der Waals surface area contributed by atoms with Gasteiger partial charge in [0.25, 0.3) is 0 Å². The summed E-state index contributed by atoms with van der Waals surface area (Å²) in [6.45, 7) is 6.07. The van der Waals surface area contributed by atoms with Gasteiger partial charge in [-0.15, -0.1) is 35.3 Å². The van der Waals surface area contributed by atoms with E-state index in [1.165, 1.54) is 6.07 Å². The summed E-state index contributed by atoms with van der Waals surface area (Å²) < 4.78 is 13.9.